The van der Waals surface area contributed by atoms with Crippen LogP contribution in [0.4, 0.5) is 0 Å². The van der Waals surface area contributed by atoms with Crippen LogP contribution in [-0.4, -0.2) is 41.0 Å². The average Bonchev–Trinajstić information content (AvgIpc) is 2.36. The highest BCUT2D eigenvalue weighted by Crippen LogP contribution is 2.22. The van der Waals surface area contributed by atoms with Crippen LogP contribution >= 0.6 is 0 Å². The van der Waals surface area contributed by atoms with Gasteiger partial charge in [-0.2, -0.15) is 0 Å². The smallest absolute Gasteiger partial charge is 0.303 e. The molecule has 18 heavy (non-hydrogen) atoms. The van der Waals surface area contributed by atoms with Gasteiger partial charge in [-0.05, 0) is 38.1 Å². The molecule has 3 N–H and O–H groups in total. The molecule has 1 aliphatic heterocycles. The van der Waals surface area contributed by atoms with E-state index < -0.39 is 5.97 Å². The quantitative estimate of drug-likeness (QED) is 0.748. The van der Waals surface area contributed by atoms with Crippen molar-refractivity contribution in [3.63, 3.8) is 0 Å². The Balaban J connectivity index is 2.52. The van der Waals surface area contributed by atoms with Crippen molar-refractivity contribution >= 4 is 11.9 Å². The van der Waals surface area contributed by atoms with Crippen LogP contribution in [0.25, 0.3) is 0 Å². The van der Waals surface area contributed by atoms with Crippen molar-refractivity contribution in [1.29, 1.82) is 0 Å². The molecule has 5 nitrogen and oxygen atoms in total. The van der Waals surface area contributed by atoms with E-state index in [1.807, 2.05) is 11.8 Å². The van der Waals surface area contributed by atoms with Crippen LogP contribution in [0.15, 0.2) is 0 Å². The molecule has 0 spiro atoms. The molecule has 1 rings (SSSR count). The molecule has 2 unspecified atom stereocenters. The van der Waals surface area contributed by atoms with Crippen LogP contribution in [0.2, 0.25) is 0 Å². The lowest BCUT2D eigenvalue weighted by molar-refractivity contribution is -0.140. The second-order valence-electron chi connectivity index (χ2n) is 5.21. The molecule has 0 bridgehead atoms. The van der Waals surface area contributed by atoms with Gasteiger partial charge in [0.2, 0.25) is 5.91 Å². The Morgan fingerprint density at radius 3 is 2.78 bits per heavy atom. The summed E-state index contributed by atoms with van der Waals surface area (Å²) < 4.78 is 0. The topological polar surface area (TPSA) is 83.6 Å². The normalized spacial score (nSPS) is 21.7. The SMILES string of the molecule is CC(CN)CC(=O)N1CCCCC1CCC(=O)O. The minimum absolute atomic E-state index is 0.104. The summed E-state index contributed by atoms with van der Waals surface area (Å²) in [4.78, 5) is 24.6. The number of carboxylic acid groups (broad SMARTS) is 1. The average molecular weight is 256 g/mol. The van der Waals surface area contributed by atoms with Crippen molar-refractivity contribution in [2.24, 2.45) is 11.7 Å². The molecule has 0 aromatic carbocycles. The van der Waals surface area contributed by atoms with E-state index in [0.29, 0.717) is 19.4 Å². The first-order chi connectivity index (χ1) is 8.54. The van der Waals surface area contributed by atoms with Crippen molar-refractivity contribution in [3.8, 4) is 0 Å². The molecule has 2 atom stereocenters. The second kappa shape index (κ2) is 7.36. The predicted molar refractivity (Wildman–Crippen MR) is 69.1 cm³/mol. The molecule has 0 saturated carbocycles. The van der Waals surface area contributed by atoms with E-state index in [-0.39, 0.29) is 24.3 Å². The maximum atomic E-state index is 12.1. The number of carboxylic acids is 1. The number of carbonyl (C=O) groups excluding carboxylic acids is 1. The Kier molecular flexibility index (Phi) is 6.12. The Bertz CT molecular complexity index is 294. The van der Waals surface area contributed by atoms with Crippen LogP contribution in [-0.2, 0) is 9.59 Å². The number of aliphatic carboxylic acids is 1. The maximum Gasteiger partial charge on any atom is 0.303 e. The van der Waals surface area contributed by atoms with Crippen molar-refractivity contribution in [1.82, 2.24) is 4.90 Å². The molecule has 1 fully saturated rings. The monoisotopic (exact) mass is 256 g/mol. The van der Waals surface area contributed by atoms with Gasteiger partial charge in [-0.25, -0.2) is 0 Å². The minimum atomic E-state index is -0.789. The van der Waals surface area contributed by atoms with Crippen LogP contribution < -0.4 is 5.73 Å². The Morgan fingerprint density at radius 2 is 2.17 bits per heavy atom. The molecule has 104 valence electrons. The number of rotatable bonds is 6. The highest BCUT2D eigenvalue weighted by Gasteiger charge is 2.27. The molecule has 1 aliphatic rings. The van der Waals surface area contributed by atoms with Gasteiger partial charge in [-0.15, -0.1) is 0 Å². The van der Waals surface area contributed by atoms with E-state index in [1.54, 1.807) is 0 Å². The Labute approximate surface area is 108 Å². The lowest BCUT2D eigenvalue weighted by Crippen LogP contribution is -2.44. The lowest BCUT2D eigenvalue weighted by atomic mass is 9.96. The van der Waals surface area contributed by atoms with Gasteiger partial charge in [0, 0.05) is 25.4 Å². The molecule has 0 aliphatic carbocycles. The summed E-state index contributed by atoms with van der Waals surface area (Å²) in [5.41, 5.74) is 5.53. The number of hydrogen-bond donors (Lipinski definition) is 2. The van der Waals surface area contributed by atoms with E-state index in [9.17, 15) is 9.59 Å². The van der Waals surface area contributed by atoms with Gasteiger partial charge in [0.1, 0.15) is 0 Å². The number of nitrogens with zero attached hydrogens (tertiary/aromatic N) is 1. The first-order valence-electron chi connectivity index (χ1n) is 6.76. The summed E-state index contributed by atoms with van der Waals surface area (Å²) in [6, 6.07) is 0.104. The number of likely N-dealkylation sites (tertiary alicyclic amines) is 1. The molecule has 0 radical (unpaired) electrons. The summed E-state index contributed by atoms with van der Waals surface area (Å²) in [6.07, 6.45) is 4.21. The highest BCUT2D eigenvalue weighted by atomic mass is 16.4. The van der Waals surface area contributed by atoms with Crippen molar-refractivity contribution < 1.29 is 14.7 Å². The van der Waals surface area contributed by atoms with Crippen molar-refractivity contribution in [2.75, 3.05) is 13.1 Å². The number of amides is 1. The van der Waals surface area contributed by atoms with E-state index in [2.05, 4.69) is 0 Å². The molecule has 0 aromatic heterocycles. The fourth-order valence-corrected chi connectivity index (χ4v) is 2.42. The fourth-order valence-electron chi connectivity index (χ4n) is 2.42. The van der Waals surface area contributed by atoms with Crippen LogP contribution in [0.3, 0.4) is 0 Å². The summed E-state index contributed by atoms with van der Waals surface area (Å²) in [7, 11) is 0. The van der Waals surface area contributed by atoms with Gasteiger partial charge in [0.05, 0.1) is 0 Å². The third-order valence-corrected chi connectivity index (χ3v) is 3.56. The van der Waals surface area contributed by atoms with Gasteiger partial charge in [-0.3, -0.25) is 9.59 Å². The molecular formula is C13H24N2O3. The molecular weight excluding hydrogens is 232 g/mol. The third kappa shape index (κ3) is 4.64. The van der Waals surface area contributed by atoms with E-state index in [4.69, 9.17) is 10.8 Å². The van der Waals surface area contributed by atoms with Crippen LogP contribution in [0.1, 0.15) is 45.4 Å². The lowest BCUT2D eigenvalue weighted by Gasteiger charge is -2.36. The molecule has 0 aromatic rings. The van der Waals surface area contributed by atoms with Gasteiger partial charge >= 0.3 is 5.97 Å². The Morgan fingerprint density at radius 1 is 1.44 bits per heavy atom. The fraction of sp³-hybridized carbons (Fsp3) is 0.846. The zero-order valence-electron chi connectivity index (χ0n) is 11.1. The van der Waals surface area contributed by atoms with Crippen molar-refractivity contribution in [2.45, 2.75) is 51.5 Å². The predicted octanol–water partition coefficient (Wildman–Crippen LogP) is 1.22. The van der Waals surface area contributed by atoms with E-state index in [1.165, 1.54) is 0 Å². The highest BCUT2D eigenvalue weighted by molar-refractivity contribution is 5.77. The third-order valence-electron chi connectivity index (χ3n) is 3.56. The number of nitrogens with two attached hydrogens (primary N) is 1. The Hall–Kier alpha value is -1.10. The van der Waals surface area contributed by atoms with E-state index in [0.717, 1.165) is 25.8 Å². The first-order valence-corrected chi connectivity index (χ1v) is 6.76. The number of piperidine rings is 1. The summed E-state index contributed by atoms with van der Waals surface area (Å²) >= 11 is 0. The van der Waals surface area contributed by atoms with Crippen LogP contribution in [0, 0.1) is 5.92 Å². The molecule has 1 saturated heterocycles. The minimum Gasteiger partial charge on any atom is -0.481 e. The molecule has 1 heterocycles. The van der Waals surface area contributed by atoms with Crippen LogP contribution in [0.5, 0.6) is 0 Å². The first kappa shape index (κ1) is 15.0. The standard InChI is InChI=1S/C13H24N2O3/c1-10(9-14)8-12(16)15-7-3-2-4-11(15)5-6-13(17)18/h10-11H,2-9,14H2,1H3,(H,17,18). The zero-order valence-corrected chi connectivity index (χ0v) is 11.1. The van der Waals surface area contributed by atoms with Gasteiger partial charge in [0.25, 0.3) is 0 Å². The second-order valence-corrected chi connectivity index (χ2v) is 5.21. The van der Waals surface area contributed by atoms with Gasteiger partial charge < -0.3 is 15.7 Å². The molecule has 1 amide bonds. The zero-order chi connectivity index (χ0) is 13.5. The number of hydrogen-bond acceptors (Lipinski definition) is 3. The summed E-state index contributed by atoms with van der Waals surface area (Å²) in [6.45, 7) is 3.24. The van der Waals surface area contributed by atoms with E-state index >= 15 is 0 Å². The number of carbonyl (C=O) groups is 2. The summed E-state index contributed by atoms with van der Waals surface area (Å²) in [5, 5.41) is 8.73. The van der Waals surface area contributed by atoms with Crippen molar-refractivity contribution in [3.05, 3.63) is 0 Å². The maximum absolute atomic E-state index is 12.1. The van der Waals surface area contributed by atoms with Gasteiger partial charge in [0.15, 0.2) is 0 Å². The largest absolute Gasteiger partial charge is 0.481 e. The summed E-state index contributed by atoms with van der Waals surface area (Å²) in [5.74, 6) is -0.467. The van der Waals surface area contributed by atoms with Gasteiger partial charge in [-0.1, -0.05) is 6.92 Å². The molecule has 5 heteroatoms.